The first kappa shape index (κ1) is 9.98. The van der Waals surface area contributed by atoms with Crippen molar-refractivity contribution in [2.45, 2.75) is 13.3 Å². The van der Waals surface area contributed by atoms with Crippen molar-refractivity contribution in [1.82, 2.24) is 15.0 Å². The number of hydrogen-bond acceptors (Lipinski definition) is 2. The van der Waals surface area contributed by atoms with E-state index in [4.69, 9.17) is 5.73 Å². The van der Waals surface area contributed by atoms with Gasteiger partial charge < -0.3 is 15.7 Å². The van der Waals surface area contributed by atoms with Crippen molar-refractivity contribution >= 4 is 0 Å². The van der Waals surface area contributed by atoms with Crippen molar-refractivity contribution in [2.75, 3.05) is 6.54 Å². The van der Waals surface area contributed by atoms with Gasteiger partial charge in [0, 0.05) is 24.4 Å². The van der Waals surface area contributed by atoms with Gasteiger partial charge in [0.15, 0.2) is 0 Å². The Balaban J connectivity index is 2.11. The van der Waals surface area contributed by atoms with E-state index in [1.807, 2.05) is 24.7 Å². The highest BCUT2D eigenvalue weighted by Gasteiger charge is 2.06. The Bertz CT molecular complexity index is 402. The predicted molar refractivity (Wildman–Crippen MR) is 60.3 cm³/mol. The van der Waals surface area contributed by atoms with E-state index in [2.05, 4.69) is 21.9 Å². The zero-order valence-electron chi connectivity index (χ0n) is 8.83. The molecule has 0 saturated heterocycles. The molecule has 1 atom stereocenters. The summed E-state index contributed by atoms with van der Waals surface area (Å²) in [4.78, 5) is 10.7. The summed E-state index contributed by atoms with van der Waals surface area (Å²) < 4.78 is 0. The number of aromatic nitrogens is 3. The number of hydrogen-bond donors (Lipinski definition) is 3. The molecule has 2 aromatic heterocycles. The third kappa shape index (κ3) is 2.27. The van der Waals surface area contributed by atoms with Crippen molar-refractivity contribution in [3.8, 4) is 11.3 Å². The van der Waals surface area contributed by atoms with Gasteiger partial charge in [0.1, 0.15) is 5.82 Å². The number of rotatable bonds is 4. The van der Waals surface area contributed by atoms with Gasteiger partial charge in [0.05, 0.1) is 11.9 Å². The van der Waals surface area contributed by atoms with Gasteiger partial charge in [0.2, 0.25) is 0 Å². The van der Waals surface area contributed by atoms with Crippen LogP contribution in [0.5, 0.6) is 0 Å². The molecule has 0 saturated carbocycles. The van der Waals surface area contributed by atoms with Crippen LogP contribution in [0.25, 0.3) is 11.3 Å². The monoisotopic (exact) mass is 204 g/mol. The molecule has 4 N–H and O–H groups in total. The predicted octanol–water partition coefficient (Wildman–Crippen LogP) is 1.54. The average molecular weight is 204 g/mol. The van der Waals surface area contributed by atoms with Gasteiger partial charge in [-0.3, -0.25) is 0 Å². The van der Waals surface area contributed by atoms with Crippen molar-refractivity contribution < 1.29 is 0 Å². The van der Waals surface area contributed by atoms with Gasteiger partial charge in [-0.1, -0.05) is 6.92 Å². The molecule has 0 aliphatic carbocycles. The average Bonchev–Trinajstić information content (AvgIpc) is 2.85. The number of imidazole rings is 1. The molecule has 0 bridgehead atoms. The first-order valence-corrected chi connectivity index (χ1v) is 5.16. The lowest BCUT2D eigenvalue weighted by atomic mass is 10.1. The quantitative estimate of drug-likeness (QED) is 0.707. The highest BCUT2D eigenvalue weighted by atomic mass is 14.9. The van der Waals surface area contributed by atoms with E-state index in [9.17, 15) is 0 Å². The van der Waals surface area contributed by atoms with E-state index in [1.54, 1.807) is 0 Å². The largest absolute Gasteiger partial charge is 0.367 e. The van der Waals surface area contributed by atoms with E-state index in [0.29, 0.717) is 12.5 Å². The third-order valence-electron chi connectivity index (χ3n) is 2.48. The summed E-state index contributed by atoms with van der Waals surface area (Å²) >= 11 is 0. The van der Waals surface area contributed by atoms with Crippen LogP contribution in [0.15, 0.2) is 24.7 Å². The summed E-state index contributed by atoms with van der Waals surface area (Å²) in [6.07, 6.45) is 6.62. The minimum absolute atomic E-state index is 0.468. The molecule has 0 aliphatic rings. The van der Waals surface area contributed by atoms with Crippen LogP contribution in [-0.4, -0.2) is 21.5 Å². The summed E-state index contributed by atoms with van der Waals surface area (Å²) in [5.41, 5.74) is 7.76. The highest BCUT2D eigenvalue weighted by molar-refractivity contribution is 5.57. The van der Waals surface area contributed by atoms with Gasteiger partial charge in [0.25, 0.3) is 0 Å². The number of aromatic amines is 2. The maximum Gasteiger partial charge on any atom is 0.106 e. The molecule has 2 rings (SSSR count). The Hall–Kier alpha value is -1.55. The molecule has 2 aromatic rings. The van der Waals surface area contributed by atoms with E-state index >= 15 is 0 Å². The minimum atomic E-state index is 0.468. The summed E-state index contributed by atoms with van der Waals surface area (Å²) in [6.45, 7) is 2.82. The van der Waals surface area contributed by atoms with E-state index in [-0.39, 0.29) is 0 Å². The highest BCUT2D eigenvalue weighted by Crippen LogP contribution is 2.16. The molecule has 0 spiro atoms. The molecule has 0 fully saturated rings. The molecule has 80 valence electrons. The van der Waals surface area contributed by atoms with Crippen LogP contribution in [-0.2, 0) is 6.42 Å². The second-order valence-electron chi connectivity index (χ2n) is 3.89. The van der Waals surface area contributed by atoms with Gasteiger partial charge in [-0.2, -0.15) is 0 Å². The van der Waals surface area contributed by atoms with Crippen molar-refractivity contribution in [3.63, 3.8) is 0 Å². The lowest BCUT2D eigenvalue weighted by Gasteiger charge is -2.04. The molecule has 0 aromatic carbocycles. The molecule has 1 unspecified atom stereocenters. The molecule has 0 aliphatic heterocycles. The van der Waals surface area contributed by atoms with Gasteiger partial charge in [-0.15, -0.1) is 0 Å². The first-order valence-electron chi connectivity index (χ1n) is 5.16. The maximum absolute atomic E-state index is 5.57. The molecule has 2 heterocycles. The van der Waals surface area contributed by atoms with E-state index in [1.165, 1.54) is 0 Å². The molecule has 0 radical (unpaired) electrons. The van der Waals surface area contributed by atoms with Gasteiger partial charge in [-0.25, -0.2) is 4.98 Å². The van der Waals surface area contributed by atoms with Gasteiger partial charge >= 0.3 is 0 Å². The smallest absolute Gasteiger partial charge is 0.106 e. The van der Waals surface area contributed by atoms with Crippen molar-refractivity contribution in [3.05, 3.63) is 30.5 Å². The lowest BCUT2D eigenvalue weighted by molar-refractivity contribution is 0.577. The van der Waals surface area contributed by atoms with Crippen LogP contribution in [0.4, 0.5) is 0 Å². The fourth-order valence-electron chi connectivity index (χ4n) is 1.52. The Labute approximate surface area is 88.9 Å². The third-order valence-corrected chi connectivity index (χ3v) is 2.48. The van der Waals surface area contributed by atoms with Crippen molar-refractivity contribution in [2.24, 2.45) is 11.7 Å². The second kappa shape index (κ2) is 4.31. The van der Waals surface area contributed by atoms with Crippen LogP contribution in [0.2, 0.25) is 0 Å². The van der Waals surface area contributed by atoms with Crippen LogP contribution in [0, 0.1) is 5.92 Å². The van der Waals surface area contributed by atoms with Crippen LogP contribution >= 0.6 is 0 Å². The number of H-pyrrole nitrogens is 2. The summed E-state index contributed by atoms with van der Waals surface area (Å²) in [7, 11) is 0. The zero-order valence-corrected chi connectivity index (χ0v) is 8.83. The maximum atomic E-state index is 5.57. The van der Waals surface area contributed by atoms with E-state index < -0.39 is 0 Å². The van der Waals surface area contributed by atoms with E-state index in [0.717, 1.165) is 23.5 Å². The molecular formula is C11H16N4. The molecule has 15 heavy (non-hydrogen) atoms. The second-order valence-corrected chi connectivity index (χ2v) is 3.89. The summed E-state index contributed by atoms with van der Waals surface area (Å²) in [5.74, 6) is 1.47. The number of nitrogens with zero attached hydrogens (tertiary/aromatic N) is 1. The fraction of sp³-hybridized carbons (Fsp3) is 0.364. The number of nitrogens with one attached hydrogen (secondary N) is 2. The molecule has 4 nitrogen and oxygen atoms in total. The Kier molecular flexibility index (Phi) is 2.87. The zero-order chi connectivity index (χ0) is 10.7. The standard InChI is InChI=1S/C11H16N4/c1-8(5-12)4-11-14-7-10(15-11)9-2-3-13-6-9/h2-3,6-8,13H,4-5,12H2,1H3,(H,14,15). The molecule has 4 heteroatoms. The fourth-order valence-corrected chi connectivity index (χ4v) is 1.52. The summed E-state index contributed by atoms with van der Waals surface area (Å²) in [6, 6.07) is 2.02. The Morgan fingerprint density at radius 2 is 2.40 bits per heavy atom. The van der Waals surface area contributed by atoms with Gasteiger partial charge in [-0.05, 0) is 18.5 Å². The number of nitrogens with two attached hydrogens (primary N) is 1. The first-order chi connectivity index (χ1) is 7.29. The SMILES string of the molecule is CC(CN)Cc1ncc(-c2cc[nH]c2)[nH]1. The summed E-state index contributed by atoms with van der Waals surface area (Å²) in [5, 5.41) is 0. The van der Waals surface area contributed by atoms with Crippen LogP contribution in [0.3, 0.4) is 0 Å². The Morgan fingerprint density at radius 3 is 3.07 bits per heavy atom. The van der Waals surface area contributed by atoms with Crippen LogP contribution < -0.4 is 5.73 Å². The van der Waals surface area contributed by atoms with Crippen LogP contribution in [0.1, 0.15) is 12.7 Å². The molecule has 0 amide bonds. The topological polar surface area (TPSA) is 70.5 Å². The lowest BCUT2D eigenvalue weighted by Crippen LogP contribution is -2.13. The normalized spacial score (nSPS) is 12.9. The Morgan fingerprint density at radius 1 is 1.53 bits per heavy atom. The van der Waals surface area contributed by atoms with Crippen molar-refractivity contribution in [1.29, 1.82) is 0 Å². The minimum Gasteiger partial charge on any atom is -0.367 e. The molecular weight excluding hydrogens is 188 g/mol.